The van der Waals surface area contributed by atoms with E-state index in [1.165, 1.54) is 0 Å². The lowest BCUT2D eigenvalue weighted by Gasteiger charge is -2.29. The fourth-order valence-electron chi connectivity index (χ4n) is 2.07. The Morgan fingerprint density at radius 3 is 2.53 bits per heavy atom. The lowest BCUT2D eigenvalue weighted by Crippen LogP contribution is -2.38. The SMILES string of the molecule is CCOC(C(=O)Cc1cccc(OC)c1)C(C)(C)C. The van der Waals surface area contributed by atoms with Gasteiger partial charge in [-0.2, -0.15) is 0 Å². The van der Waals surface area contributed by atoms with Crippen LogP contribution in [0.25, 0.3) is 0 Å². The van der Waals surface area contributed by atoms with Crippen LogP contribution >= 0.6 is 0 Å². The fraction of sp³-hybridized carbons (Fsp3) is 0.562. The van der Waals surface area contributed by atoms with Gasteiger partial charge in [-0.3, -0.25) is 4.79 Å². The van der Waals surface area contributed by atoms with Crippen LogP contribution in [0.3, 0.4) is 0 Å². The first-order chi connectivity index (χ1) is 8.88. The molecule has 0 aromatic heterocycles. The van der Waals surface area contributed by atoms with Gasteiger partial charge in [-0.15, -0.1) is 0 Å². The molecular formula is C16H24O3. The van der Waals surface area contributed by atoms with Crippen LogP contribution in [0.5, 0.6) is 5.75 Å². The maximum Gasteiger partial charge on any atom is 0.166 e. The first-order valence-corrected chi connectivity index (χ1v) is 6.65. The molecule has 0 amide bonds. The van der Waals surface area contributed by atoms with Crippen LogP contribution in [-0.2, 0) is 16.0 Å². The summed E-state index contributed by atoms with van der Waals surface area (Å²) >= 11 is 0. The molecule has 0 saturated heterocycles. The predicted molar refractivity (Wildman–Crippen MR) is 76.6 cm³/mol. The summed E-state index contributed by atoms with van der Waals surface area (Å²) in [6, 6.07) is 7.60. The van der Waals surface area contributed by atoms with E-state index in [0.717, 1.165) is 11.3 Å². The first kappa shape index (κ1) is 15.7. The van der Waals surface area contributed by atoms with Crippen molar-refractivity contribution in [3.63, 3.8) is 0 Å². The van der Waals surface area contributed by atoms with Gasteiger partial charge in [-0.25, -0.2) is 0 Å². The molecule has 0 aliphatic carbocycles. The normalized spacial score (nSPS) is 13.1. The molecular weight excluding hydrogens is 240 g/mol. The molecule has 1 aromatic rings. The van der Waals surface area contributed by atoms with E-state index in [-0.39, 0.29) is 17.3 Å². The summed E-state index contributed by atoms with van der Waals surface area (Å²) < 4.78 is 10.8. The average molecular weight is 264 g/mol. The number of carbonyl (C=O) groups is 1. The highest BCUT2D eigenvalue weighted by molar-refractivity contribution is 5.86. The van der Waals surface area contributed by atoms with Crippen LogP contribution in [0, 0.1) is 5.41 Å². The molecule has 3 nitrogen and oxygen atoms in total. The van der Waals surface area contributed by atoms with E-state index >= 15 is 0 Å². The summed E-state index contributed by atoms with van der Waals surface area (Å²) in [5.41, 5.74) is 0.768. The Labute approximate surface area is 115 Å². The van der Waals surface area contributed by atoms with Crippen molar-refractivity contribution in [2.45, 2.75) is 40.2 Å². The zero-order valence-corrected chi connectivity index (χ0v) is 12.5. The zero-order chi connectivity index (χ0) is 14.5. The Morgan fingerprint density at radius 2 is 2.00 bits per heavy atom. The lowest BCUT2D eigenvalue weighted by atomic mass is 9.84. The van der Waals surface area contributed by atoms with E-state index in [4.69, 9.17) is 9.47 Å². The fourth-order valence-corrected chi connectivity index (χ4v) is 2.07. The molecule has 0 aliphatic rings. The molecule has 1 rings (SSSR count). The molecule has 3 heteroatoms. The largest absolute Gasteiger partial charge is 0.497 e. The van der Waals surface area contributed by atoms with Crippen LogP contribution in [0.1, 0.15) is 33.3 Å². The smallest absolute Gasteiger partial charge is 0.166 e. The van der Waals surface area contributed by atoms with E-state index in [1.807, 2.05) is 52.0 Å². The van der Waals surface area contributed by atoms with Gasteiger partial charge < -0.3 is 9.47 Å². The molecule has 0 fully saturated rings. The third kappa shape index (κ3) is 4.67. The molecule has 0 aliphatic heterocycles. The summed E-state index contributed by atoms with van der Waals surface area (Å²) in [7, 11) is 1.62. The quantitative estimate of drug-likeness (QED) is 0.791. The number of carbonyl (C=O) groups excluding carboxylic acids is 1. The molecule has 0 spiro atoms. The monoisotopic (exact) mass is 264 g/mol. The van der Waals surface area contributed by atoms with Crippen molar-refractivity contribution in [1.29, 1.82) is 0 Å². The van der Waals surface area contributed by atoms with Crippen molar-refractivity contribution in [3.05, 3.63) is 29.8 Å². The molecule has 0 N–H and O–H groups in total. The van der Waals surface area contributed by atoms with Crippen molar-refractivity contribution in [2.24, 2.45) is 5.41 Å². The van der Waals surface area contributed by atoms with Gasteiger partial charge >= 0.3 is 0 Å². The van der Waals surface area contributed by atoms with Gasteiger partial charge in [0.2, 0.25) is 0 Å². The summed E-state index contributed by atoms with van der Waals surface area (Å²) in [4.78, 5) is 12.4. The van der Waals surface area contributed by atoms with Crippen molar-refractivity contribution in [3.8, 4) is 5.75 Å². The number of benzene rings is 1. The number of ketones is 1. The van der Waals surface area contributed by atoms with Gasteiger partial charge in [0, 0.05) is 13.0 Å². The third-order valence-corrected chi connectivity index (χ3v) is 2.92. The van der Waals surface area contributed by atoms with Crippen LogP contribution in [0.4, 0.5) is 0 Å². The average Bonchev–Trinajstić information content (AvgIpc) is 2.34. The van der Waals surface area contributed by atoms with Crippen LogP contribution in [-0.4, -0.2) is 25.6 Å². The second-order valence-corrected chi connectivity index (χ2v) is 5.70. The Bertz CT molecular complexity index is 418. The Kier molecular flexibility index (Phi) is 5.55. The van der Waals surface area contributed by atoms with E-state index in [2.05, 4.69) is 0 Å². The maximum absolute atomic E-state index is 12.4. The van der Waals surface area contributed by atoms with Crippen molar-refractivity contribution < 1.29 is 14.3 Å². The van der Waals surface area contributed by atoms with Crippen molar-refractivity contribution in [2.75, 3.05) is 13.7 Å². The van der Waals surface area contributed by atoms with Gasteiger partial charge in [0.1, 0.15) is 11.9 Å². The number of hydrogen-bond acceptors (Lipinski definition) is 3. The molecule has 19 heavy (non-hydrogen) atoms. The van der Waals surface area contributed by atoms with Gasteiger partial charge in [0.25, 0.3) is 0 Å². The number of ether oxygens (including phenoxy) is 2. The van der Waals surface area contributed by atoms with Crippen LogP contribution in [0.15, 0.2) is 24.3 Å². The van der Waals surface area contributed by atoms with Crippen molar-refractivity contribution >= 4 is 5.78 Å². The van der Waals surface area contributed by atoms with Gasteiger partial charge in [-0.05, 0) is 30.0 Å². The third-order valence-electron chi connectivity index (χ3n) is 2.92. The minimum Gasteiger partial charge on any atom is -0.497 e. The molecule has 1 aromatic carbocycles. The maximum atomic E-state index is 12.4. The number of hydrogen-bond donors (Lipinski definition) is 0. The highest BCUT2D eigenvalue weighted by Crippen LogP contribution is 2.24. The molecule has 0 saturated carbocycles. The molecule has 0 heterocycles. The molecule has 1 unspecified atom stereocenters. The molecule has 1 atom stereocenters. The molecule has 106 valence electrons. The Balaban J connectivity index is 2.81. The van der Waals surface area contributed by atoms with Crippen LogP contribution in [0.2, 0.25) is 0 Å². The Morgan fingerprint density at radius 1 is 1.32 bits per heavy atom. The number of methoxy groups -OCH3 is 1. The van der Waals surface area contributed by atoms with E-state index < -0.39 is 0 Å². The number of rotatable bonds is 6. The highest BCUT2D eigenvalue weighted by atomic mass is 16.5. The van der Waals surface area contributed by atoms with E-state index in [0.29, 0.717) is 13.0 Å². The van der Waals surface area contributed by atoms with Gasteiger partial charge in [0.05, 0.1) is 7.11 Å². The minimum atomic E-state index is -0.372. The highest BCUT2D eigenvalue weighted by Gasteiger charge is 2.31. The zero-order valence-electron chi connectivity index (χ0n) is 12.5. The van der Waals surface area contributed by atoms with Gasteiger partial charge in [0.15, 0.2) is 5.78 Å². The summed E-state index contributed by atoms with van der Waals surface area (Å²) in [5, 5.41) is 0. The van der Waals surface area contributed by atoms with E-state index in [1.54, 1.807) is 7.11 Å². The summed E-state index contributed by atoms with van der Waals surface area (Å²) in [5.74, 6) is 0.886. The standard InChI is InChI=1S/C16H24O3/c1-6-19-15(16(2,3)4)14(17)11-12-8-7-9-13(10-12)18-5/h7-10,15H,6,11H2,1-5H3. The predicted octanol–water partition coefficient (Wildman–Crippen LogP) is 3.26. The Hall–Kier alpha value is -1.35. The van der Waals surface area contributed by atoms with E-state index in [9.17, 15) is 4.79 Å². The summed E-state index contributed by atoms with van der Waals surface area (Å²) in [6.07, 6.45) is 0.00257. The first-order valence-electron chi connectivity index (χ1n) is 6.65. The second-order valence-electron chi connectivity index (χ2n) is 5.70. The lowest BCUT2D eigenvalue weighted by molar-refractivity contribution is -0.136. The van der Waals surface area contributed by atoms with Crippen molar-refractivity contribution in [1.82, 2.24) is 0 Å². The topological polar surface area (TPSA) is 35.5 Å². The molecule has 0 bridgehead atoms. The second kappa shape index (κ2) is 6.71. The minimum absolute atomic E-state index is 0.114. The molecule has 0 radical (unpaired) electrons. The number of Topliss-reactive ketones (excluding diaryl/α,β-unsaturated/α-hetero) is 1. The summed E-state index contributed by atoms with van der Waals surface area (Å²) in [6.45, 7) is 8.54. The van der Waals surface area contributed by atoms with Gasteiger partial charge in [-0.1, -0.05) is 32.9 Å². The van der Waals surface area contributed by atoms with Crippen LogP contribution < -0.4 is 4.74 Å².